The van der Waals surface area contributed by atoms with E-state index in [1.54, 1.807) is 6.20 Å². The van der Waals surface area contributed by atoms with Gasteiger partial charge < -0.3 is 0 Å². The Morgan fingerprint density at radius 2 is 2.45 bits per heavy atom. The molecule has 0 radical (unpaired) electrons. The molecule has 0 saturated carbocycles. The number of hydrogen-bond acceptors (Lipinski definition) is 1. The zero-order chi connectivity index (χ0) is 7.94. The van der Waals surface area contributed by atoms with Crippen LogP contribution < -0.4 is 0 Å². The third-order valence-electron chi connectivity index (χ3n) is 1.45. The molecule has 0 fully saturated rings. The van der Waals surface area contributed by atoms with Crippen molar-refractivity contribution in [2.24, 2.45) is 0 Å². The first-order valence-corrected chi connectivity index (χ1v) is 4.00. The molecule has 0 N–H and O–H groups in total. The summed E-state index contributed by atoms with van der Waals surface area (Å²) in [6.45, 7) is 2.17. The van der Waals surface area contributed by atoms with Crippen molar-refractivity contribution in [3.05, 3.63) is 36.2 Å². The summed E-state index contributed by atoms with van der Waals surface area (Å²) in [4.78, 5) is 4.01. The normalized spacial score (nSPS) is 10.6. The molecule has 1 aromatic rings. The summed E-state index contributed by atoms with van der Waals surface area (Å²) in [7, 11) is 0. The van der Waals surface area contributed by atoms with Crippen LogP contribution in [-0.2, 0) is 0 Å². The zero-order valence-electron chi connectivity index (χ0n) is 6.83. The van der Waals surface area contributed by atoms with Gasteiger partial charge in [0.05, 0.1) is 0 Å². The zero-order valence-corrected chi connectivity index (χ0v) is 6.83. The Balaban J connectivity index is 2.50. The van der Waals surface area contributed by atoms with Gasteiger partial charge in [-0.05, 0) is 18.1 Å². The van der Waals surface area contributed by atoms with Gasteiger partial charge in [-0.15, -0.1) is 0 Å². The van der Waals surface area contributed by atoms with Crippen molar-refractivity contribution in [1.29, 1.82) is 0 Å². The van der Waals surface area contributed by atoms with Gasteiger partial charge in [-0.2, -0.15) is 0 Å². The van der Waals surface area contributed by atoms with Gasteiger partial charge in [0.25, 0.3) is 0 Å². The van der Waals surface area contributed by atoms with Crippen molar-refractivity contribution >= 4 is 6.08 Å². The number of nitrogens with zero attached hydrogens (tertiary/aromatic N) is 1. The van der Waals surface area contributed by atoms with E-state index in [1.165, 1.54) is 12.0 Å². The second-order valence-corrected chi connectivity index (χ2v) is 2.48. The number of hydrogen-bond donors (Lipinski definition) is 0. The third kappa shape index (κ3) is 2.99. The Morgan fingerprint density at radius 3 is 3.09 bits per heavy atom. The van der Waals surface area contributed by atoms with Gasteiger partial charge in [0.15, 0.2) is 0 Å². The molecule has 0 aliphatic carbocycles. The summed E-state index contributed by atoms with van der Waals surface area (Å²) >= 11 is 0. The molecular formula is C10H13N. The lowest BCUT2D eigenvalue weighted by molar-refractivity contribution is 0.962. The quantitative estimate of drug-likeness (QED) is 0.640. The van der Waals surface area contributed by atoms with Crippen molar-refractivity contribution in [3.63, 3.8) is 0 Å². The highest BCUT2D eigenvalue weighted by Crippen LogP contribution is 2.00. The Hall–Kier alpha value is -1.11. The minimum absolute atomic E-state index is 1.15. The van der Waals surface area contributed by atoms with E-state index in [1.807, 2.05) is 12.3 Å². The van der Waals surface area contributed by atoms with Gasteiger partial charge in [-0.1, -0.05) is 31.6 Å². The number of rotatable bonds is 3. The number of allylic oxidation sites excluding steroid dienone is 1. The molecule has 1 nitrogen and oxygen atoms in total. The van der Waals surface area contributed by atoms with E-state index < -0.39 is 0 Å². The maximum atomic E-state index is 4.01. The van der Waals surface area contributed by atoms with Crippen molar-refractivity contribution in [2.45, 2.75) is 19.8 Å². The second-order valence-electron chi connectivity index (χ2n) is 2.48. The fourth-order valence-electron chi connectivity index (χ4n) is 0.861. The molecule has 1 heteroatoms. The van der Waals surface area contributed by atoms with Gasteiger partial charge in [-0.25, -0.2) is 0 Å². The number of unbranched alkanes of at least 4 members (excludes halogenated alkanes) is 1. The Bertz CT molecular complexity index is 214. The summed E-state index contributed by atoms with van der Waals surface area (Å²) in [5.41, 5.74) is 1.18. The van der Waals surface area contributed by atoms with Crippen LogP contribution in [0, 0.1) is 0 Å². The molecule has 0 aliphatic heterocycles. The average Bonchev–Trinajstić information content (AvgIpc) is 2.07. The van der Waals surface area contributed by atoms with Gasteiger partial charge in [0, 0.05) is 12.4 Å². The number of aromatic nitrogens is 1. The molecule has 0 atom stereocenters. The standard InChI is InChI=1S/C10H13N/c1-2-3-4-6-10-7-5-8-11-9-10/h4-9H,2-3H2,1H3. The Morgan fingerprint density at radius 1 is 1.55 bits per heavy atom. The van der Waals surface area contributed by atoms with Crippen LogP contribution in [0.2, 0.25) is 0 Å². The smallest absolute Gasteiger partial charge is 0.0340 e. The topological polar surface area (TPSA) is 12.9 Å². The molecule has 11 heavy (non-hydrogen) atoms. The van der Waals surface area contributed by atoms with E-state index in [4.69, 9.17) is 0 Å². The molecule has 0 aromatic carbocycles. The van der Waals surface area contributed by atoms with Crippen LogP contribution in [-0.4, -0.2) is 4.98 Å². The predicted octanol–water partition coefficient (Wildman–Crippen LogP) is 2.89. The van der Waals surface area contributed by atoms with E-state index in [0.29, 0.717) is 0 Å². The van der Waals surface area contributed by atoms with Crippen LogP contribution >= 0.6 is 0 Å². The summed E-state index contributed by atoms with van der Waals surface area (Å²) in [6, 6.07) is 4.00. The molecule has 0 unspecified atom stereocenters. The molecule has 0 saturated heterocycles. The summed E-state index contributed by atoms with van der Waals surface area (Å²) in [5.74, 6) is 0. The van der Waals surface area contributed by atoms with Gasteiger partial charge >= 0.3 is 0 Å². The Kier molecular flexibility index (Phi) is 3.39. The largest absolute Gasteiger partial charge is 0.264 e. The molecular weight excluding hydrogens is 134 g/mol. The summed E-state index contributed by atoms with van der Waals surface area (Å²) in [6.07, 6.45) is 10.3. The highest BCUT2D eigenvalue weighted by atomic mass is 14.6. The van der Waals surface area contributed by atoms with E-state index in [-0.39, 0.29) is 0 Å². The van der Waals surface area contributed by atoms with E-state index in [9.17, 15) is 0 Å². The van der Waals surface area contributed by atoms with E-state index in [2.05, 4.69) is 30.1 Å². The second kappa shape index (κ2) is 4.67. The first-order chi connectivity index (χ1) is 5.43. The molecule has 0 amide bonds. The lowest BCUT2D eigenvalue weighted by Crippen LogP contribution is -1.72. The number of pyridine rings is 1. The van der Waals surface area contributed by atoms with Crippen LogP contribution in [0.3, 0.4) is 0 Å². The van der Waals surface area contributed by atoms with Gasteiger partial charge in [0.2, 0.25) is 0 Å². The summed E-state index contributed by atoms with van der Waals surface area (Å²) < 4.78 is 0. The SMILES string of the molecule is CCCC=Cc1cccnc1. The maximum Gasteiger partial charge on any atom is 0.0340 e. The highest BCUT2D eigenvalue weighted by molar-refractivity contribution is 5.46. The van der Waals surface area contributed by atoms with Crippen molar-refractivity contribution in [1.82, 2.24) is 4.98 Å². The van der Waals surface area contributed by atoms with Crippen LogP contribution in [0.5, 0.6) is 0 Å². The predicted molar refractivity (Wildman–Crippen MR) is 48.2 cm³/mol. The van der Waals surface area contributed by atoms with Crippen molar-refractivity contribution in [3.8, 4) is 0 Å². The lowest BCUT2D eigenvalue weighted by Gasteiger charge is -1.89. The molecule has 1 aromatic heterocycles. The molecule has 0 aliphatic rings. The van der Waals surface area contributed by atoms with Crippen molar-refractivity contribution in [2.75, 3.05) is 0 Å². The first kappa shape index (κ1) is 7.99. The van der Waals surface area contributed by atoms with Crippen LogP contribution in [0.25, 0.3) is 6.08 Å². The maximum absolute atomic E-state index is 4.01. The minimum Gasteiger partial charge on any atom is -0.264 e. The van der Waals surface area contributed by atoms with Crippen LogP contribution in [0.4, 0.5) is 0 Å². The highest BCUT2D eigenvalue weighted by Gasteiger charge is 1.81. The minimum atomic E-state index is 1.15. The fraction of sp³-hybridized carbons (Fsp3) is 0.300. The average molecular weight is 147 g/mol. The van der Waals surface area contributed by atoms with Crippen LogP contribution in [0.15, 0.2) is 30.6 Å². The molecule has 1 rings (SSSR count). The van der Waals surface area contributed by atoms with Crippen LogP contribution in [0.1, 0.15) is 25.3 Å². The lowest BCUT2D eigenvalue weighted by atomic mass is 10.2. The van der Waals surface area contributed by atoms with E-state index in [0.717, 1.165) is 6.42 Å². The molecule has 0 spiro atoms. The third-order valence-corrected chi connectivity index (χ3v) is 1.45. The van der Waals surface area contributed by atoms with Gasteiger partial charge in [0.1, 0.15) is 0 Å². The summed E-state index contributed by atoms with van der Waals surface area (Å²) in [5, 5.41) is 0. The molecule has 58 valence electrons. The van der Waals surface area contributed by atoms with E-state index >= 15 is 0 Å². The molecule has 1 heterocycles. The molecule has 0 bridgehead atoms. The Labute approximate surface area is 67.8 Å². The van der Waals surface area contributed by atoms with Crippen molar-refractivity contribution < 1.29 is 0 Å². The monoisotopic (exact) mass is 147 g/mol. The first-order valence-electron chi connectivity index (χ1n) is 4.00. The van der Waals surface area contributed by atoms with Gasteiger partial charge in [-0.3, -0.25) is 4.98 Å². The fourth-order valence-corrected chi connectivity index (χ4v) is 0.861.